The van der Waals surface area contributed by atoms with Gasteiger partial charge in [-0.1, -0.05) is 114 Å². The summed E-state index contributed by atoms with van der Waals surface area (Å²) in [5.41, 5.74) is 1.53. The fraction of sp³-hybridized carbons (Fsp3) is 0.760. The lowest BCUT2D eigenvalue weighted by molar-refractivity contribution is 0.210. The molecule has 1 aromatic carbocycles. The standard InChI is InChI=1S/C25H40/c1-4-12-22(13-5-1)16-10-20-25(24-18-8-3-9-19-24)21-11-17-23-14-6-2-7-15-23/h1,4-5,12-13,23-25H,2-3,6-11,14-21H2. The summed E-state index contributed by atoms with van der Waals surface area (Å²) in [6, 6.07) is 11.1. The summed E-state index contributed by atoms with van der Waals surface area (Å²) in [6.07, 6.45) is 23.9. The summed E-state index contributed by atoms with van der Waals surface area (Å²) in [5.74, 6) is 3.15. The van der Waals surface area contributed by atoms with E-state index in [1.165, 1.54) is 108 Å². The molecule has 25 heavy (non-hydrogen) atoms. The highest BCUT2D eigenvalue weighted by molar-refractivity contribution is 5.14. The molecule has 1 atom stereocenters. The van der Waals surface area contributed by atoms with Crippen molar-refractivity contribution in [3.05, 3.63) is 35.9 Å². The monoisotopic (exact) mass is 340 g/mol. The van der Waals surface area contributed by atoms with Crippen molar-refractivity contribution in [2.45, 2.75) is 103 Å². The minimum atomic E-state index is 1.02. The number of hydrogen-bond acceptors (Lipinski definition) is 0. The van der Waals surface area contributed by atoms with Crippen molar-refractivity contribution in [3.8, 4) is 0 Å². The summed E-state index contributed by atoms with van der Waals surface area (Å²) >= 11 is 0. The van der Waals surface area contributed by atoms with Crippen molar-refractivity contribution in [3.63, 3.8) is 0 Å². The van der Waals surface area contributed by atoms with Gasteiger partial charge >= 0.3 is 0 Å². The molecule has 0 heterocycles. The zero-order valence-electron chi connectivity index (χ0n) is 16.4. The molecule has 2 aliphatic carbocycles. The molecular weight excluding hydrogens is 300 g/mol. The first-order valence-electron chi connectivity index (χ1n) is 11.5. The van der Waals surface area contributed by atoms with Crippen molar-refractivity contribution in [2.24, 2.45) is 17.8 Å². The van der Waals surface area contributed by atoms with Gasteiger partial charge in [0.25, 0.3) is 0 Å². The van der Waals surface area contributed by atoms with E-state index in [2.05, 4.69) is 30.3 Å². The Morgan fingerprint density at radius 3 is 2.08 bits per heavy atom. The van der Waals surface area contributed by atoms with Gasteiger partial charge in [0.1, 0.15) is 0 Å². The van der Waals surface area contributed by atoms with Gasteiger partial charge in [0.15, 0.2) is 0 Å². The maximum absolute atomic E-state index is 2.30. The zero-order valence-corrected chi connectivity index (χ0v) is 16.4. The Kier molecular flexibility index (Phi) is 8.39. The van der Waals surface area contributed by atoms with Crippen LogP contribution in [0, 0.1) is 17.8 Å². The van der Waals surface area contributed by atoms with E-state index in [4.69, 9.17) is 0 Å². The normalized spacial score (nSPS) is 21.3. The molecule has 140 valence electrons. The molecular formula is C25H40. The molecule has 0 spiro atoms. The predicted octanol–water partition coefficient (Wildman–Crippen LogP) is 7.96. The molecule has 3 rings (SSSR count). The molecule has 0 saturated heterocycles. The van der Waals surface area contributed by atoms with Crippen LogP contribution < -0.4 is 0 Å². The van der Waals surface area contributed by atoms with Gasteiger partial charge in [0.05, 0.1) is 0 Å². The molecule has 2 saturated carbocycles. The van der Waals surface area contributed by atoms with E-state index in [-0.39, 0.29) is 0 Å². The number of hydrogen-bond donors (Lipinski definition) is 0. The lowest BCUT2D eigenvalue weighted by atomic mass is 9.75. The molecule has 0 aromatic heterocycles. The summed E-state index contributed by atoms with van der Waals surface area (Å²) in [7, 11) is 0. The second-order valence-electron chi connectivity index (χ2n) is 8.97. The third kappa shape index (κ3) is 6.80. The molecule has 0 radical (unpaired) electrons. The fourth-order valence-corrected chi connectivity index (χ4v) is 5.58. The highest BCUT2D eigenvalue weighted by Crippen LogP contribution is 2.37. The van der Waals surface area contributed by atoms with E-state index in [0.29, 0.717) is 0 Å². The van der Waals surface area contributed by atoms with Gasteiger partial charge in [0.2, 0.25) is 0 Å². The maximum Gasteiger partial charge on any atom is -0.0279 e. The quantitative estimate of drug-likeness (QED) is 0.427. The lowest BCUT2D eigenvalue weighted by Gasteiger charge is -2.31. The Morgan fingerprint density at radius 1 is 0.720 bits per heavy atom. The van der Waals surface area contributed by atoms with Crippen molar-refractivity contribution >= 4 is 0 Å². The van der Waals surface area contributed by atoms with E-state index in [1.54, 1.807) is 0 Å². The summed E-state index contributed by atoms with van der Waals surface area (Å²) in [4.78, 5) is 0. The third-order valence-electron chi connectivity index (χ3n) is 7.11. The first-order valence-corrected chi connectivity index (χ1v) is 11.5. The predicted molar refractivity (Wildman–Crippen MR) is 110 cm³/mol. The second-order valence-corrected chi connectivity index (χ2v) is 8.97. The highest BCUT2D eigenvalue weighted by Gasteiger charge is 2.23. The molecule has 0 aliphatic heterocycles. The van der Waals surface area contributed by atoms with Crippen LogP contribution in [0.5, 0.6) is 0 Å². The zero-order chi connectivity index (χ0) is 17.2. The largest absolute Gasteiger partial charge is 0.0622 e. The van der Waals surface area contributed by atoms with Crippen molar-refractivity contribution in [1.29, 1.82) is 0 Å². The topological polar surface area (TPSA) is 0 Å². The smallest absolute Gasteiger partial charge is 0.0279 e. The number of benzene rings is 1. The van der Waals surface area contributed by atoms with Gasteiger partial charge in [0, 0.05) is 0 Å². The second kappa shape index (κ2) is 11.0. The van der Waals surface area contributed by atoms with Gasteiger partial charge in [-0.3, -0.25) is 0 Å². The molecule has 0 amide bonds. The molecule has 1 aromatic rings. The van der Waals surface area contributed by atoms with Gasteiger partial charge in [-0.05, 0) is 42.6 Å². The number of rotatable bonds is 9. The SMILES string of the molecule is c1ccc(CCCC(CCCC2CCCCC2)C2CCCCC2)cc1. The van der Waals surface area contributed by atoms with Crippen molar-refractivity contribution in [1.82, 2.24) is 0 Å². The van der Waals surface area contributed by atoms with Crippen LogP contribution in [-0.4, -0.2) is 0 Å². The van der Waals surface area contributed by atoms with Crippen LogP contribution in [-0.2, 0) is 6.42 Å². The van der Waals surface area contributed by atoms with Gasteiger partial charge in [-0.15, -0.1) is 0 Å². The Hall–Kier alpha value is -0.780. The Bertz CT molecular complexity index is 436. The summed E-state index contributed by atoms with van der Waals surface area (Å²) in [6.45, 7) is 0. The Labute approximate surface area is 156 Å². The van der Waals surface area contributed by atoms with Crippen molar-refractivity contribution < 1.29 is 0 Å². The number of aryl methyl sites for hydroxylation is 1. The van der Waals surface area contributed by atoms with E-state index >= 15 is 0 Å². The van der Waals surface area contributed by atoms with E-state index < -0.39 is 0 Å². The molecule has 2 aliphatic rings. The molecule has 1 unspecified atom stereocenters. The lowest BCUT2D eigenvalue weighted by Crippen LogP contribution is -2.19. The Morgan fingerprint density at radius 2 is 1.36 bits per heavy atom. The molecule has 2 fully saturated rings. The minimum Gasteiger partial charge on any atom is -0.0622 e. The van der Waals surface area contributed by atoms with E-state index in [9.17, 15) is 0 Å². The van der Waals surface area contributed by atoms with Gasteiger partial charge in [-0.25, -0.2) is 0 Å². The highest BCUT2D eigenvalue weighted by atomic mass is 14.3. The molecule has 0 nitrogen and oxygen atoms in total. The summed E-state index contributed by atoms with van der Waals surface area (Å²) in [5, 5.41) is 0. The van der Waals surface area contributed by atoms with E-state index in [1.807, 2.05) is 0 Å². The maximum atomic E-state index is 2.30. The van der Waals surface area contributed by atoms with E-state index in [0.717, 1.165) is 17.8 Å². The minimum absolute atomic E-state index is 1.02. The molecule has 0 N–H and O–H groups in total. The molecule has 0 bridgehead atoms. The van der Waals surface area contributed by atoms with Crippen LogP contribution >= 0.6 is 0 Å². The molecule has 0 heteroatoms. The third-order valence-corrected chi connectivity index (χ3v) is 7.11. The average molecular weight is 341 g/mol. The first kappa shape index (κ1) is 19.0. The first-order chi connectivity index (χ1) is 12.4. The van der Waals surface area contributed by atoms with Crippen LogP contribution in [0.25, 0.3) is 0 Å². The van der Waals surface area contributed by atoms with Crippen LogP contribution in [0.1, 0.15) is 102 Å². The fourth-order valence-electron chi connectivity index (χ4n) is 5.58. The van der Waals surface area contributed by atoms with Gasteiger partial charge < -0.3 is 0 Å². The van der Waals surface area contributed by atoms with Crippen LogP contribution in [0.3, 0.4) is 0 Å². The summed E-state index contributed by atoms with van der Waals surface area (Å²) < 4.78 is 0. The van der Waals surface area contributed by atoms with Crippen LogP contribution in [0.2, 0.25) is 0 Å². The van der Waals surface area contributed by atoms with Crippen LogP contribution in [0.4, 0.5) is 0 Å². The average Bonchev–Trinajstić information content (AvgIpc) is 2.69. The van der Waals surface area contributed by atoms with Gasteiger partial charge in [-0.2, -0.15) is 0 Å². The van der Waals surface area contributed by atoms with Crippen molar-refractivity contribution in [2.75, 3.05) is 0 Å². The van der Waals surface area contributed by atoms with Crippen LogP contribution in [0.15, 0.2) is 30.3 Å². The Balaban J connectivity index is 1.42.